The molecule has 0 fully saturated rings. The van der Waals surface area contributed by atoms with E-state index in [1.165, 1.54) is 0 Å². The van der Waals surface area contributed by atoms with Gasteiger partial charge in [0, 0.05) is 19.1 Å². The summed E-state index contributed by atoms with van der Waals surface area (Å²) in [7, 11) is 0. The first-order valence-corrected chi connectivity index (χ1v) is 8.10. The molecule has 118 valence electrons. The number of nitrogens with zero attached hydrogens (tertiary/aromatic N) is 1. The van der Waals surface area contributed by atoms with Crippen molar-refractivity contribution in [3.63, 3.8) is 0 Å². The van der Waals surface area contributed by atoms with Crippen LogP contribution >= 0.6 is 0 Å². The van der Waals surface area contributed by atoms with Gasteiger partial charge in [0.05, 0.1) is 5.92 Å². The predicted molar refractivity (Wildman–Crippen MR) is 89.2 cm³/mol. The van der Waals surface area contributed by atoms with Gasteiger partial charge in [0.25, 0.3) is 0 Å². The van der Waals surface area contributed by atoms with Gasteiger partial charge in [-0.05, 0) is 24.3 Å². The maximum atomic E-state index is 13.0. The highest BCUT2D eigenvalue weighted by Crippen LogP contribution is 2.21. The molecule has 0 aliphatic carbocycles. The third-order valence-corrected chi connectivity index (χ3v) is 3.96. The van der Waals surface area contributed by atoms with Crippen LogP contribution in [-0.2, 0) is 4.79 Å². The zero-order chi connectivity index (χ0) is 15.8. The third kappa shape index (κ3) is 4.85. The molecule has 1 aromatic rings. The summed E-state index contributed by atoms with van der Waals surface area (Å²) in [4.78, 5) is 15.1. The molecular weight excluding hydrogens is 260 g/mol. The Labute approximate surface area is 129 Å². The highest BCUT2D eigenvalue weighted by molar-refractivity contribution is 5.84. The van der Waals surface area contributed by atoms with Crippen LogP contribution in [0.15, 0.2) is 30.3 Å². The number of rotatable bonds is 8. The standard InChI is InChI=1S/C18H30N2O/c1-5-16(6-2)20(13-14(3)4)18(21)17(12-19)15-10-8-7-9-11-15/h7-11,14,16-17H,5-6,12-13,19H2,1-4H3. The maximum Gasteiger partial charge on any atom is 0.231 e. The van der Waals surface area contributed by atoms with Crippen molar-refractivity contribution >= 4 is 5.91 Å². The van der Waals surface area contributed by atoms with Crippen LogP contribution in [0.5, 0.6) is 0 Å². The molecule has 3 nitrogen and oxygen atoms in total. The largest absolute Gasteiger partial charge is 0.339 e. The molecule has 2 N–H and O–H groups in total. The molecule has 0 saturated carbocycles. The fourth-order valence-electron chi connectivity index (χ4n) is 2.81. The number of carbonyl (C=O) groups excluding carboxylic acids is 1. The summed E-state index contributed by atoms with van der Waals surface area (Å²) in [6.45, 7) is 9.76. The van der Waals surface area contributed by atoms with Gasteiger partial charge in [-0.2, -0.15) is 0 Å². The van der Waals surface area contributed by atoms with E-state index < -0.39 is 0 Å². The molecule has 1 unspecified atom stereocenters. The van der Waals surface area contributed by atoms with Crippen LogP contribution in [0.1, 0.15) is 52.0 Å². The highest BCUT2D eigenvalue weighted by atomic mass is 16.2. The van der Waals surface area contributed by atoms with E-state index in [-0.39, 0.29) is 11.8 Å². The van der Waals surface area contributed by atoms with Crippen molar-refractivity contribution in [1.29, 1.82) is 0 Å². The van der Waals surface area contributed by atoms with Crippen molar-refractivity contribution in [1.82, 2.24) is 4.90 Å². The molecule has 0 aliphatic heterocycles. The normalized spacial score (nSPS) is 12.7. The fraction of sp³-hybridized carbons (Fsp3) is 0.611. The Morgan fingerprint density at radius 2 is 1.71 bits per heavy atom. The van der Waals surface area contributed by atoms with Gasteiger partial charge in [-0.15, -0.1) is 0 Å². The van der Waals surface area contributed by atoms with Crippen molar-refractivity contribution in [2.45, 2.75) is 52.5 Å². The van der Waals surface area contributed by atoms with Gasteiger partial charge in [0.1, 0.15) is 0 Å². The molecule has 0 aliphatic rings. The minimum atomic E-state index is -0.231. The monoisotopic (exact) mass is 290 g/mol. The van der Waals surface area contributed by atoms with Crippen LogP contribution in [0.4, 0.5) is 0 Å². The second-order valence-corrected chi connectivity index (χ2v) is 6.05. The first kappa shape index (κ1) is 17.7. The van der Waals surface area contributed by atoms with E-state index in [2.05, 4.69) is 32.6 Å². The topological polar surface area (TPSA) is 46.3 Å². The molecule has 1 atom stereocenters. The smallest absolute Gasteiger partial charge is 0.231 e. The number of amides is 1. The predicted octanol–water partition coefficient (Wildman–Crippen LogP) is 3.40. The summed E-state index contributed by atoms with van der Waals surface area (Å²) in [5.74, 6) is 0.403. The average molecular weight is 290 g/mol. The zero-order valence-corrected chi connectivity index (χ0v) is 13.9. The van der Waals surface area contributed by atoms with Gasteiger partial charge in [-0.3, -0.25) is 4.79 Å². The summed E-state index contributed by atoms with van der Waals surface area (Å²) in [5, 5.41) is 0. The van der Waals surface area contributed by atoms with Gasteiger partial charge in [0.2, 0.25) is 5.91 Å². The lowest BCUT2D eigenvalue weighted by atomic mass is 9.95. The quantitative estimate of drug-likeness (QED) is 0.797. The van der Waals surface area contributed by atoms with E-state index in [1.807, 2.05) is 30.3 Å². The number of hydrogen-bond acceptors (Lipinski definition) is 2. The summed E-state index contributed by atoms with van der Waals surface area (Å²) in [5.41, 5.74) is 6.93. The van der Waals surface area contributed by atoms with Crippen molar-refractivity contribution < 1.29 is 4.79 Å². The molecule has 0 aromatic heterocycles. The van der Waals surface area contributed by atoms with E-state index in [1.54, 1.807) is 0 Å². The highest BCUT2D eigenvalue weighted by Gasteiger charge is 2.28. The molecule has 0 heterocycles. The van der Waals surface area contributed by atoms with E-state index in [9.17, 15) is 4.79 Å². The molecule has 1 aromatic carbocycles. The third-order valence-electron chi connectivity index (χ3n) is 3.96. The molecule has 0 spiro atoms. The minimum absolute atomic E-state index is 0.172. The van der Waals surface area contributed by atoms with Crippen LogP contribution < -0.4 is 5.73 Å². The van der Waals surface area contributed by atoms with Crippen LogP contribution in [0.3, 0.4) is 0 Å². The maximum absolute atomic E-state index is 13.0. The Kier molecular flexibility index (Phi) is 7.44. The molecule has 0 radical (unpaired) electrons. The minimum Gasteiger partial charge on any atom is -0.339 e. The molecule has 3 heteroatoms. The molecule has 1 amide bonds. The summed E-state index contributed by atoms with van der Waals surface area (Å²) in [6, 6.07) is 10.2. The molecule has 1 rings (SSSR count). The lowest BCUT2D eigenvalue weighted by Gasteiger charge is -2.35. The number of carbonyl (C=O) groups is 1. The summed E-state index contributed by atoms with van der Waals surface area (Å²) >= 11 is 0. The van der Waals surface area contributed by atoms with E-state index in [0.29, 0.717) is 18.5 Å². The van der Waals surface area contributed by atoms with E-state index in [0.717, 1.165) is 24.9 Å². The SMILES string of the molecule is CCC(CC)N(CC(C)C)C(=O)C(CN)c1ccccc1. The first-order valence-electron chi connectivity index (χ1n) is 8.10. The van der Waals surface area contributed by atoms with Gasteiger partial charge in [-0.25, -0.2) is 0 Å². The first-order chi connectivity index (χ1) is 10.0. The zero-order valence-electron chi connectivity index (χ0n) is 13.9. The Bertz CT molecular complexity index is 412. The number of benzene rings is 1. The Morgan fingerprint density at radius 1 is 1.14 bits per heavy atom. The van der Waals surface area contributed by atoms with E-state index in [4.69, 9.17) is 5.73 Å². The van der Waals surface area contributed by atoms with Gasteiger partial charge < -0.3 is 10.6 Å². The molecule has 21 heavy (non-hydrogen) atoms. The lowest BCUT2D eigenvalue weighted by molar-refractivity contribution is -0.135. The van der Waals surface area contributed by atoms with Crippen molar-refractivity contribution in [3.05, 3.63) is 35.9 Å². The van der Waals surface area contributed by atoms with Gasteiger partial charge >= 0.3 is 0 Å². The number of nitrogens with two attached hydrogens (primary N) is 1. The molecule has 0 bridgehead atoms. The van der Waals surface area contributed by atoms with Crippen LogP contribution in [0.25, 0.3) is 0 Å². The van der Waals surface area contributed by atoms with Crippen LogP contribution in [0, 0.1) is 5.92 Å². The van der Waals surface area contributed by atoms with Crippen molar-refractivity contribution in [2.24, 2.45) is 11.7 Å². The Morgan fingerprint density at radius 3 is 2.14 bits per heavy atom. The fourth-order valence-corrected chi connectivity index (χ4v) is 2.81. The molecule has 0 saturated heterocycles. The van der Waals surface area contributed by atoms with Crippen LogP contribution in [0.2, 0.25) is 0 Å². The Hall–Kier alpha value is -1.35. The molecular formula is C18H30N2O. The second-order valence-electron chi connectivity index (χ2n) is 6.05. The lowest BCUT2D eigenvalue weighted by Crippen LogP contribution is -2.45. The van der Waals surface area contributed by atoms with Crippen LogP contribution in [-0.4, -0.2) is 29.9 Å². The average Bonchev–Trinajstić information content (AvgIpc) is 2.48. The summed E-state index contributed by atoms with van der Waals surface area (Å²) < 4.78 is 0. The number of hydrogen-bond donors (Lipinski definition) is 1. The van der Waals surface area contributed by atoms with Gasteiger partial charge in [-0.1, -0.05) is 58.0 Å². The van der Waals surface area contributed by atoms with Crippen molar-refractivity contribution in [3.8, 4) is 0 Å². The Balaban J connectivity index is 3.01. The van der Waals surface area contributed by atoms with Crippen molar-refractivity contribution in [2.75, 3.05) is 13.1 Å². The summed E-state index contributed by atoms with van der Waals surface area (Å²) in [6.07, 6.45) is 1.97. The van der Waals surface area contributed by atoms with Gasteiger partial charge in [0.15, 0.2) is 0 Å². The second kappa shape index (κ2) is 8.83. The van der Waals surface area contributed by atoms with E-state index >= 15 is 0 Å².